The number of nitrogens with one attached hydrogen (secondary N) is 1. The summed E-state index contributed by atoms with van der Waals surface area (Å²) in [6.45, 7) is 10.6. The molecule has 8 nitrogen and oxygen atoms in total. The number of aryl methyl sites for hydroxylation is 1. The highest BCUT2D eigenvalue weighted by molar-refractivity contribution is 6.01. The molecule has 1 aromatic heterocycles. The molecular formula is C25H36N6O2. The van der Waals surface area contributed by atoms with Crippen LogP contribution in [0.5, 0.6) is 0 Å². The molecule has 1 aliphatic rings. The lowest BCUT2D eigenvalue weighted by Gasteiger charge is -2.29. The van der Waals surface area contributed by atoms with Crippen molar-refractivity contribution in [2.45, 2.75) is 41.0 Å². The van der Waals surface area contributed by atoms with Crippen LogP contribution in [0.25, 0.3) is 11.1 Å². The third-order valence-corrected chi connectivity index (χ3v) is 5.01. The van der Waals surface area contributed by atoms with Gasteiger partial charge in [0.1, 0.15) is 5.84 Å². The van der Waals surface area contributed by atoms with Crippen LogP contribution in [0.15, 0.2) is 46.9 Å². The molecule has 33 heavy (non-hydrogen) atoms. The highest BCUT2D eigenvalue weighted by Gasteiger charge is 2.22. The van der Waals surface area contributed by atoms with Crippen molar-refractivity contribution in [1.82, 2.24) is 20.0 Å². The Morgan fingerprint density at radius 2 is 1.82 bits per heavy atom. The molecule has 0 spiro atoms. The Hall–Kier alpha value is -3.42. The molecule has 178 valence electrons. The first-order valence-electron chi connectivity index (χ1n) is 11.2. The molecule has 0 aliphatic carbocycles. The third kappa shape index (κ3) is 7.30. The molecule has 1 amide bonds. The zero-order chi connectivity index (χ0) is 24.7. The van der Waals surface area contributed by atoms with Crippen molar-refractivity contribution in [2.24, 2.45) is 23.7 Å². The van der Waals surface area contributed by atoms with E-state index in [1.807, 2.05) is 32.4 Å². The summed E-state index contributed by atoms with van der Waals surface area (Å²) in [7, 11) is 3.67. The maximum atomic E-state index is 12.0. The van der Waals surface area contributed by atoms with Crippen molar-refractivity contribution in [1.29, 1.82) is 0 Å². The van der Waals surface area contributed by atoms with E-state index < -0.39 is 0 Å². The van der Waals surface area contributed by atoms with Crippen LogP contribution in [0, 0.1) is 5.92 Å². The number of Topliss-reactive ketones (excluding diaryl/α,β-unsaturated/α-hetero) is 1. The minimum absolute atomic E-state index is 0.00268. The van der Waals surface area contributed by atoms with Crippen molar-refractivity contribution in [3.63, 3.8) is 0 Å². The number of rotatable bonds is 5. The van der Waals surface area contributed by atoms with Crippen LogP contribution in [0.3, 0.4) is 0 Å². The Morgan fingerprint density at radius 1 is 1.15 bits per heavy atom. The number of amidine groups is 1. The molecule has 0 unspecified atom stereocenters. The first-order chi connectivity index (χ1) is 15.5. The number of aromatic nitrogens is 2. The molecule has 3 N–H and O–H groups in total. The van der Waals surface area contributed by atoms with Gasteiger partial charge in [-0.2, -0.15) is 5.10 Å². The quantitative estimate of drug-likeness (QED) is 0.409. The van der Waals surface area contributed by atoms with Crippen LogP contribution in [-0.2, 0) is 11.8 Å². The van der Waals surface area contributed by atoms with Gasteiger partial charge in [-0.05, 0) is 36.6 Å². The SMILES string of the molecule is CC(C)C.CNC1=C(C(N)=Nc2cc(C(C)=O)cc(-c3cnn(C)c3)c2)CN(C(C)=O)CC1. The zero-order valence-corrected chi connectivity index (χ0v) is 20.8. The normalized spacial score (nSPS) is 14.2. The van der Waals surface area contributed by atoms with Crippen LogP contribution >= 0.6 is 0 Å². The van der Waals surface area contributed by atoms with Gasteiger partial charge in [0, 0.05) is 62.6 Å². The molecule has 0 bridgehead atoms. The van der Waals surface area contributed by atoms with Crippen molar-refractivity contribution >= 4 is 23.2 Å². The monoisotopic (exact) mass is 452 g/mol. The summed E-state index contributed by atoms with van der Waals surface area (Å²) in [4.78, 5) is 30.2. The highest BCUT2D eigenvalue weighted by Crippen LogP contribution is 2.27. The number of carbonyl (C=O) groups excluding carboxylic acids is 2. The second-order valence-electron chi connectivity index (χ2n) is 8.85. The lowest BCUT2D eigenvalue weighted by Crippen LogP contribution is -2.40. The van der Waals surface area contributed by atoms with Gasteiger partial charge in [0.15, 0.2) is 5.78 Å². The maximum Gasteiger partial charge on any atom is 0.219 e. The van der Waals surface area contributed by atoms with Gasteiger partial charge in [0.05, 0.1) is 18.4 Å². The standard InChI is InChI=1S/C21H26N6O2.C4H10/c1-13(28)15-7-16(17-10-24-26(4)11-17)9-18(8-15)25-21(22)19-12-27(14(2)29)6-5-20(19)23-3;1-4(2)3/h7-11,23H,5-6,12H2,1-4H3,(H2,22,25);4H,1-3H3. The molecule has 0 saturated carbocycles. The number of aliphatic imine (C=N–C) groups is 1. The molecule has 3 rings (SSSR count). The number of hydrogen-bond donors (Lipinski definition) is 2. The van der Waals surface area contributed by atoms with Crippen molar-refractivity contribution in [3.8, 4) is 11.1 Å². The van der Waals surface area contributed by atoms with E-state index >= 15 is 0 Å². The Morgan fingerprint density at radius 3 is 2.33 bits per heavy atom. The molecule has 1 aromatic carbocycles. The highest BCUT2D eigenvalue weighted by atomic mass is 16.2. The van der Waals surface area contributed by atoms with Gasteiger partial charge in [-0.25, -0.2) is 4.99 Å². The molecule has 2 aromatic rings. The third-order valence-electron chi connectivity index (χ3n) is 5.01. The first kappa shape index (κ1) is 25.8. The maximum absolute atomic E-state index is 12.0. The largest absolute Gasteiger partial charge is 0.391 e. The van der Waals surface area contributed by atoms with Gasteiger partial charge in [-0.3, -0.25) is 14.3 Å². The molecule has 8 heteroatoms. The Bertz CT molecular complexity index is 1060. The average Bonchev–Trinajstić information content (AvgIpc) is 3.18. The van der Waals surface area contributed by atoms with Gasteiger partial charge >= 0.3 is 0 Å². The lowest BCUT2D eigenvalue weighted by molar-refractivity contribution is -0.128. The van der Waals surface area contributed by atoms with E-state index in [0.717, 1.165) is 28.3 Å². The van der Waals surface area contributed by atoms with Gasteiger partial charge in [-0.1, -0.05) is 20.8 Å². The van der Waals surface area contributed by atoms with Crippen molar-refractivity contribution in [2.75, 3.05) is 20.1 Å². The van der Waals surface area contributed by atoms with Gasteiger partial charge < -0.3 is 16.0 Å². The van der Waals surface area contributed by atoms with Crippen LogP contribution in [0.4, 0.5) is 5.69 Å². The fraction of sp³-hybridized carbons (Fsp3) is 0.440. The van der Waals surface area contributed by atoms with E-state index in [1.54, 1.807) is 28.8 Å². The van der Waals surface area contributed by atoms with E-state index in [4.69, 9.17) is 5.73 Å². The smallest absolute Gasteiger partial charge is 0.219 e. The Labute approximate surface area is 196 Å². The molecule has 1 aliphatic heterocycles. The molecular weight excluding hydrogens is 416 g/mol. The first-order valence-corrected chi connectivity index (χ1v) is 11.2. The summed E-state index contributed by atoms with van der Waals surface area (Å²) in [6, 6.07) is 5.42. The number of benzene rings is 1. The van der Waals surface area contributed by atoms with Crippen molar-refractivity contribution in [3.05, 3.63) is 47.4 Å². The summed E-state index contributed by atoms with van der Waals surface area (Å²) < 4.78 is 1.70. The summed E-state index contributed by atoms with van der Waals surface area (Å²) in [5, 5.41) is 7.36. The van der Waals surface area contributed by atoms with Gasteiger partial charge in [-0.15, -0.1) is 0 Å². The Kier molecular flexibility index (Phi) is 8.96. The van der Waals surface area contributed by atoms with Gasteiger partial charge in [0.2, 0.25) is 5.91 Å². The molecule has 0 radical (unpaired) electrons. The van der Waals surface area contributed by atoms with Crippen LogP contribution in [0.2, 0.25) is 0 Å². The van der Waals surface area contributed by atoms with E-state index in [-0.39, 0.29) is 11.7 Å². The topological polar surface area (TPSA) is 106 Å². The fourth-order valence-corrected chi connectivity index (χ4v) is 3.37. The van der Waals surface area contributed by atoms with E-state index in [1.165, 1.54) is 6.92 Å². The Balaban J connectivity index is 0.000000890. The van der Waals surface area contributed by atoms with E-state index in [0.29, 0.717) is 36.6 Å². The summed E-state index contributed by atoms with van der Waals surface area (Å²) >= 11 is 0. The number of amides is 1. The zero-order valence-electron chi connectivity index (χ0n) is 20.8. The number of carbonyl (C=O) groups is 2. The number of nitrogens with two attached hydrogens (primary N) is 1. The second-order valence-corrected chi connectivity index (χ2v) is 8.85. The predicted molar refractivity (Wildman–Crippen MR) is 133 cm³/mol. The van der Waals surface area contributed by atoms with Crippen molar-refractivity contribution < 1.29 is 9.59 Å². The number of ketones is 1. The lowest BCUT2D eigenvalue weighted by atomic mass is 10.0. The van der Waals surface area contributed by atoms with Crippen LogP contribution < -0.4 is 11.1 Å². The number of hydrogen-bond acceptors (Lipinski definition) is 5. The number of nitrogens with zero attached hydrogens (tertiary/aromatic N) is 4. The summed E-state index contributed by atoms with van der Waals surface area (Å²) in [5.74, 6) is 1.11. The minimum Gasteiger partial charge on any atom is -0.391 e. The molecule has 0 atom stereocenters. The predicted octanol–water partition coefficient (Wildman–Crippen LogP) is 3.67. The summed E-state index contributed by atoms with van der Waals surface area (Å²) in [6.07, 6.45) is 4.31. The molecule has 0 fully saturated rings. The fourth-order valence-electron chi connectivity index (χ4n) is 3.37. The average molecular weight is 453 g/mol. The molecule has 2 heterocycles. The summed E-state index contributed by atoms with van der Waals surface area (Å²) in [5.41, 5.74) is 11.0. The van der Waals surface area contributed by atoms with Crippen LogP contribution in [-0.4, -0.2) is 52.3 Å². The van der Waals surface area contributed by atoms with E-state index in [2.05, 4.69) is 36.2 Å². The molecule has 0 saturated heterocycles. The minimum atomic E-state index is -0.0543. The van der Waals surface area contributed by atoms with Gasteiger partial charge in [0.25, 0.3) is 0 Å². The second kappa shape index (κ2) is 11.4. The van der Waals surface area contributed by atoms with Crippen LogP contribution in [0.1, 0.15) is 51.4 Å². The van der Waals surface area contributed by atoms with E-state index in [9.17, 15) is 9.59 Å².